The normalized spacial score (nSPS) is 10.5. The summed E-state index contributed by atoms with van der Waals surface area (Å²) in [6.45, 7) is 3.41. The summed E-state index contributed by atoms with van der Waals surface area (Å²) < 4.78 is 6.06. The third-order valence-electron chi connectivity index (χ3n) is 1.67. The van der Waals surface area contributed by atoms with Crippen LogP contribution in [-0.4, -0.2) is 5.78 Å². The van der Waals surface area contributed by atoms with Crippen LogP contribution < -0.4 is 4.74 Å². The smallest absolute Gasteiger partial charge is 0.159 e. The van der Waals surface area contributed by atoms with Gasteiger partial charge in [0.05, 0.1) is 10.7 Å². The molecular weight excluding hydrogens is 244 g/mol. The van der Waals surface area contributed by atoms with Gasteiger partial charge in [-0.05, 0) is 48.0 Å². The van der Waals surface area contributed by atoms with Crippen LogP contribution in [0.4, 0.5) is 0 Å². The Balaban J connectivity index is 2.95. The van der Waals surface area contributed by atoms with Crippen LogP contribution in [0.25, 0.3) is 0 Å². The van der Waals surface area contributed by atoms with Crippen LogP contribution in [0.15, 0.2) is 35.0 Å². The van der Waals surface area contributed by atoms with E-state index in [9.17, 15) is 4.79 Å². The van der Waals surface area contributed by atoms with Crippen LogP contribution in [0.1, 0.15) is 24.2 Å². The number of halogens is 1. The number of carbonyl (C=O) groups excluding carboxylic acids is 1. The fourth-order valence-corrected chi connectivity index (χ4v) is 1.43. The van der Waals surface area contributed by atoms with E-state index in [0.29, 0.717) is 11.3 Å². The molecule has 14 heavy (non-hydrogen) atoms. The largest absolute Gasteiger partial charge is 0.464 e. The predicted octanol–water partition coefficient (Wildman–Crippen LogP) is 3.56. The molecule has 1 rings (SSSR count). The number of benzene rings is 1. The van der Waals surface area contributed by atoms with Crippen molar-refractivity contribution in [3.63, 3.8) is 0 Å². The number of allylic oxidation sites excluding steroid dienone is 1. The molecule has 0 heterocycles. The average molecular weight is 255 g/mol. The van der Waals surface area contributed by atoms with Gasteiger partial charge in [-0.3, -0.25) is 4.79 Å². The van der Waals surface area contributed by atoms with Crippen molar-refractivity contribution < 1.29 is 9.53 Å². The number of hydrogen-bond donors (Lipinski definition) is 0. The lowest BCUT2D eigenvalue weighted by Crippen LogP contribution is -1.92. The molecule has 0 aromatic heterocycles. The lowest BCUT2D eigenvalue weighted by atomic mass is 10.1. The highest BCUT2D eigenvalue weighted by Gasteiger charge is 2.04. The molecule has 0 spiro atoms. The van der Waals surface area contributed by atoms with Crippen molar-refractivity contribution in [3.8, 4) is 5.75 Å². The van der Waals surface area contributed by atoms with E-state index < -0.39 is 0 Å². The molecule has 0 aliphatic carbocycles. The van der Waals surface area contributed by atoms with Crippen LogP contribution in [-0.2, 0) is 0 Å². The maximum atomic E-state index is 11.0. The van der Waals surface area contributed by atoms with E-state index in [0.717, 1.165) is 4.47 Å². The number of hydrogen-bond acceptors (Lipinski definition) is 2. The Kier molecular flexibility index (Phi) is 3.89. The summed E-state index contributed by atoms with van der Waals surface area (Å²) in [5, 5.41) is 0. The Labute approximate surface area is 91.7 Å². The molecular formula is C11H11BrO2. The summed E-state index contributed by atoms with van der Waals surface area (Å²) in [6.07, 6.45) is 3.39. The SMILES string of the molecule is CC=COc1ccc(C(C)=O)cc1Br. The molecule has 0 bridgehead atoms. The summed E-state index contributed by atoms with van der Waals surface area (Å²) in [6, 6.07) is 5.26. The third-order valence-corrected chi connectivity index (χ3v) is 2.29. The number of ketones is 1. The second-order valence-corrected chi connectivity index (χ2v) is 3.64. The highest BCUT2D eigenvalue weighted by Crippen LogP contribution is 2.26. The summed E-state index contributed by atoms with van der Waals surface area (Å²) in [7, 11) is 0. The molecule has 0 N–H and O–H groups in total. The van der Waals surface area contributed by atoms with E-state index in [-0.39, 0.29) is 5.78 Å². The molecule has 1 aromatic rings. The van der Waals surface area contributed by atoms with Gasteiger partial charge in [-0.15, -0.1) is 0 Å². The number of carbonyl (C=O) groups is 1. The zero-order chi connectivity index (χ0) is 10.6. The lowest BCUT2D eigenvalue weighted by molar-refractivity contribution is 0.101. The van der Waals surface area contributed by atoms with E-state index >= 15 is 0 Å². The highest BCUT2D eigenvalue weighted by molar-refractivity contribution is 9.10. The zero-order valence-corrected chi connectivity index (χ0v) is 9.67. The van der Waals surface area contributed by atoms with Crippen LogP contribution in [0.2, 0.25) is 0 Å². The topological polar surface area (TPSA) is 26.3 Å². The molecule has 0 atom stereocenters. The lowest BCUT2D eigenvalue weighted by Gasteiger charge is -2.04. The Morgan fingerprint density at radius 2 is 2.21 bits per heavy atom. The molecule has 0 amide bonds. The fraction of sp³-hybridized carbons (Fsp3) is 0.182. The van der Waals surface area contributed by atoms with Crippen LogP contribution in [0.5, 0.6) is 5.75 Å². The predicted molar refractivity (Wildman–Crippen MR) is 59.6 cm³/mol. The van der Waals surface area contributed by atoms with Crippen molar-refractivity contribution >= 4 is 21.7 Å². The fourth-order valence-electron chi connectivity index (χ4n) is 0.957. The van der Waals surface area contributed by atoms with Gasteiger partial charge in [0.15, 0.2) is 5.78 Å². The van der Waals surface area contributed by atoms with Gasteiger partial charge in [0.25, 0.3) is 0 Å². The summed E-state index contributed by atoms with van der Waals surface area (Å²) in [5.41, 5.74) is 0.671. The second-order valence-electron chi connectivity index (χ2n) is 2.79. The third kappa shape index (κ3) is 2.70. The standard InChI is InChI=1S/C11H11BrO2/c1-3-6-14-11-5-4-9(8(2)13)7-10(11)12/h3-7H,1-2H3. The van der Waals surface area contributed by atoms with Gasteiger partial charge >= 0.3 is 0 Å². The maximum absolute atomic E-state index is 11.0. The number of Topliss-reactive ketones (excluding diaryl/α,β-unsaturated/α-hetero) is 1. The van der Waals surface area contributed by atoms with E-state index in [4.69, 9.17) is 4.74 Å². The van der Waals surface area contributed by atoms with Crippen molar-refractivity contribution in [1.82, 2.24) is 0 Å². The molecule has 0 fully saturated rings. The summed E-state index contributed by atoms with van der Waals surface area (Å²) >= 11 is 3.33. The minimum absolute atomic E-state index is 0.0447. The summed E-state index contributed by atoms with van der Waals surface area (Å²) in [5.74, 6) is 0.747. The van der Waals surface area contributed by atoms with Gasteiger partial charge < -0.3 is 4.74 Å². The molecule has 3 heteroatoms. The van der Waals surface area contributed by atoms with Gasteiger partial charge in [0.2, 0.25) is 0 Å². The van der Waals surface area contributed by atoms with Crippen LogP contribution in [0.3, 0.4) is 0 Å². The van der Waals surface area contributed by atoms with Gasteiger partial charge in [0, 0.05) is 5.56 Å². The number of rotatable bonds is 3. The first kappa shape index (κ1) is 11.0. The van der Waals surface area contributed by atoms with E-state index in [1.165, 1.54) is 6.92 Å². The Bertz CT molecular complexity index is 370. The first-order valence-corrected chi connectivity index (χ1v) is 5.02. The Hall–Kier alpha value is -1.09. The second kappa shape index (κ2) is 4.96. The Morgan fingerprint density at radius 1 is 1.50 bits per heavy atom. The van der Waals surface area contributed by atoms with E-state index in [2.05, 4.69) is 15.9 Å². The number of ether oxygens (including phenoxy) is 1. The molecule has 0 saturated carbocycles. The molecule has 74 valence electrons. The monoisotopic (exact) mass is 254 g/mol. The van der Waals surface area contributed by atoms with Crippen molar-refractivity contribution in [3.05, 3.63) is 40.6 Å². The van der Waals surface area contributed by atoms with Crippen LogP contribution in [0, 0.1) is 0 Å². The first-order valence-electron chi connectivity index (χ1n) is 4.23. The zero-order valence-electron chi connectivity index (χ0n) is 8.08. The maximum Gasteiger partial charge on any atom is 0.159 e. The van der Waals surface area contributed by atoms with Crippen molar-refractivity contribution in [2.24, 2.45) is 0 Å². The minimum atomic E-state index is 0.0447. The average Bonchev–Trinajstić information content (AvgIpc) is 2.15. The van der Waals surface area contributed by atoms with Crippen LogP contribution >= 0.6 is 15.9 Å². The van der Waals surface area contributed by atoms with Gasteiger partial charge in [-0.1, -0.05) is 6.08 Å². The Morgan fingerprint density at radius 3 is 2.71 bits per heavy atom. The van der Waals surface area contributed by atoms with Gasteiger partial charge in [-0.2, -0.15) is 0 Å². The van der Waals surface area contributed by atoms with Crippen molar-refractivity contribution in [2.75, 3.05) is 0 Å². The van der Waals surface area contributed by atoms with Gasteiger partial charge in [0.1, 0.15) is 5.75 Å². The molecule has 0 aliphatic heterocycles. The molecule has 0 radical (unpaired) electrons. The summed E-state index contributed by atoms with van der Waals surface area (Å²) in [4.78, 5) is 11.0. The highest BCUT2D eigenvalue weighted by atomic mass is 79.9. The van der Waals surface area contributed by atoms with E-state index in [1.54, 1.807) is 30.5 Å². The minimum Gasteiger partial charge on any atom is -0.464 e. The first-order chi connectivity index (χ1) is 6.65. The molecule has 0 aliphatic rings. The van der Waals surface area contributed by atoms with Gasteiger partial charge in [-0.25, -0.2) is 0 Å². The quantitative estimate of drug-likeness (QED) is 0.609. The molecule has 1 aromatic carbocycles. The van der Waals surface area contributed by atoms with E-state index in [1.807, 2.05) is 6.92 Å². The molecule has 2 nitrogen and oxygen atoms in total. The van der Waals surface area contributed by atoms with Crippen molar-refractivity contribution in [2.45, 2.75) is 13.8 Å². The molecule has 0 unspecified atom stereocenters. The molecule has 0 saturated heterocycles. The van der Waals surface area contributed by atoms with Crippen molar-refractivity contribution in [1.29, 1.82) is 0 Å².